The molecular weight excluding hydrogens is 1100 g/mol. The van der Waals surface area contributed by atoms with E-state index in [0.29, 0.717) is 46.2 Å². The number of hydrogen-bond acceptors (Lipinski definition) is 15. The maximum absolute atomic E-state index is 10.8. The molecule has 21 heteroatoms. The molecule has 0 aromatic rings. The van der Waals surface area contributed by atoms with Crippen molar-refractivity contribution in [3.63, 3.8) is 0 Å². The number of β-amino-alcohol motifs (C(OH)–C–C–N with tert-alkyl or cyclic N) is 1. The number of hydrogen-bond donors (Lipinski definition) is 3. The first-order chi connectivity index (χ1) is 38.6. The highest BCUT2D eigenvalue weighted by molar-refractivity contribution is 7.85. The van der Waals surface area contributed by atoms with Gasteiger partial charge in [0.05, 0.1) is 137 Å². The van der Waals surface area contributed by atoms with Crippen molar-refractivity contribution in [2.75, 3.05) is 119 Å². The van der Waals surface area contributed by atoms with E-state index in [-0.39, 0.29) is 18.7 Å². The van der Waals surface area contributed by atoms with Crippen LogP contribution in [-0.2, 0) is 46.8 Å². The minimum Gasteiger partial charge on any atom is -0.748 e. The normalized spacial score (nSPS) is 23.5. The first-order valence-electron chi connectivity index (χ1n) is 33.1. The standard InChI is InChI=1S/C30H62N2O7SSi.C30H62N2O6SSi/c1-4-5-6-7-8-9-10-11-12-13-14-15-16-17-18-19-21-32(2,3)22-20-23-41-37-26-30(27-38-41,28-39-41)31-24-29(33)25-40(34,35)36;1-4-5-6-7-8-9-10-11-12-13-14-15-16-17-18-19-23-32(2,3)24-21-26-40-36-27-30(28-37-40,29-38-40)31-22-20-25-39(33,34)35/h29,31,33H,4-28H2,1-3H3;31H,4-29H2,1-3H3. The van der Waals surface area contributed by atoms with Crippen LogP contribution < -0.4 is 10.6 Å². The van der Waals surface area contributed by atoms with Crippen LogP contribution in [0.1, 0.15) is 239 Å². The number of rotatable bonds is 52. The van der Waals surface area contributed by atoms with Crippen molar-refractivity contribution < 1.29 is 66.6 Å². The third-order valence-electron chi connectivity index (χ3n) is 17.3. The second kappa shape index (κ2) is 41.1. The molecule has 6 aliphatic rings. The lowest BCUT2D eigenvalue weighted by Crippen LogP contribution is -2.72. The first kappa shape index (κ1) is 75.1. The van der Waals surface area contributed by atoms with Gasteiger partial charge in [0.25, 0.3) is 0 Å². The summed E-state index contributed by atoms with van der Waals surface area (Å²) in [5.74, 6) is -1.17. The third kappa shape index (κ3) is 36.0. The van der Waals surface area contributed by atoms with Gasteiger partial charge in [-0.05, 0) is 38.6 Å². The van der Waals surface area contributed by atoms with Crippen LogP contribution in [0.4, 0.5) is 0 Å². The third-order valence-corrected chi connectivity index (χ3v) is 24.3. The molecule has 6 rings (SSSR count). The SMILES string of the molecule is CCCCCCCCCCCCCCCCCC[N+](C)(C)CCC[Si]12OCC(NCC(O)CS(=O)(=O)[O-])(CO1)CO2.CCCCCCCCCCCCCCCCCC[N+](C)(C)CCC[Si]12OCC(NCCCS(=O)(=O)[O-])(CO1)CO2. The molecule has 0 saturated carbocycles. The van der Waals surface area contributed by atoms with Gasteiger partial charge in [-0.3, -0.25) is 0 Å². The Hall–Kier alpha value is -0.186. The number of aliphatic hydroxyl groups is 1. The van der Waals surface area contributed by atoms with Crippen molar-refractivity contribution in [2.45, 2.75) is 268 Å². The van der Waals surface area contributed by atoms with Gasteiger partial charge in [0.2, 0.25) is 0 Å². The molecular formula is C60H124N4O13S2Si2. The summed E-state index contributed by atoms with van der Waals surface area (Å²) in [5, 5.41) is 16.2. The molecule has 6 aliphatic heterocycles. The van der Waals surface area contributed by atoms with Gasteiger partial charge in [-0.25, -0.2) is 16.8 Å². The van der Waals surface area contributed by atoms with Crippen molar-refractivity contribution in [3.8, 4) is 0 Å². The number of nitrogens with zero attached hydrogens (tertiary/aromatic N) is 2. The Morgan fingerprint density at radius 3 is 0.975 bits per heavy atom. The van der Waals surface area contributed by atoms with Crippen LogP contribution in [0.5, 0.6) is 0 Å². The van der Waals surface area contributed by atoms with E-state index >= 15 is 0 Å². The van der Waals surface area contributed by atoms with E-state index in [2.05, 4.69) is 52.7 Å². The van der Waals surface area contributed by atoms with Crippen molar-refractivity contribution in [1.29, 1.82) is 0 Å². The average molecular weight is 1230 g/mol. The maximum Gasteiger partial charge on any atom is 0.501 e. The topological polar surface area (TPSA) is 214 Å². The van der Waals surface area contributed by atoms with Crippen molar-refractivity contribution in [3.05, 3.63) is 0 Å². The van der Waals surface area contributed by atoms with Gasteiger partial charge < -0.3 is 60.4 Å². The number of aliphatic hydroxyl groups excluding tert-OH is 1. The molecule has 1 atom stereocenters. The summed E-state index contributed by atoms with van der Waals surface area (Å²) in [7, 11) is -4.65. The number of quaternary nitrogens is 2. The van der Waals surface area contributed by atoms with Crippen LogP contribution in [0.15, 0.2) is 0 Å². The number of nitrogens with one attached hydrogen (secondary N) is 2. The number of unbranched alkanes of at least 4 members (excludes halogenated alkanes) is 30. The zero-order valence-corrected chi connectivity index (χ0v) is 56.3. The predicted octanol–water partition coefficient (Wildman–Crippen LogP) is 11.0. The molecule has 3 N–H and O–H groups in total. The largest absolute Gasteiger partial charge is 0.748 e. The van der Waals surface area contributed by atoms with E-state index in [9.17, 15) is 31.0 Å². The second-order valence-electron chi connectivity index (χ2n) is 26.5. The summed E-state index contributed by atoms with van der Waals surface area (Å²) < 4.78 is 103. The minimum atomic E-state index is -4.47. The monoisotopic (exact) mass is 1230 g/mol. The molecule has 0 spiro atoms. The van der Waals surface area contributed by atoms with Crippen LogP contribution in [0.3, 0.4) is 0 Å². The van der Waals surface area contributed by atoms with Crippen LogP contribution in [0.25, 0.3) is 0 Å². The molecule has 6 heterocycles. The van der Waals surface area contributed by atoms with Crippen LogP contribution in [-0.4, -0.2) is 193 Å². The minimum absolute atomic E-state index is 0.0306. The molecule has 482 valence electrons. The lowest BCUT2D eigenvalue weighted by Gasteiger charge is -2.51. The molecule has 1 unspecified atom stereocenters. The molecule has 6 fully saturated rings. The van der Waals surface area contributed by atoms with Gasteiger partial charge in [-0.15, -0.1) is 0 Å². The van der Waals surface area contributed by atoms with E-state index < -0.39 is 60.8 Å². The Morgan fingerprint density at radius 2 is 0.691 bits per heavy atom. The van der Waals surface area contributed by atoms with Crippen LogP contribution in [0.2, 0.25) is 12.1 Å². The maximum atomic E-state index is 10.8. The highest BCUT2D eigenvalue weighted by atomic mass is 32.2. The Bertz CT molecular complexity index is 1770. The zero-order chi connectivity index (χ0) is 59.3. The molecule has 0 aromatic heterocycles. The van der Waals surface area contributed by atoms with Gasteiger partial charge in [0.1, 0.15) is 0 Å². The molecule has 0 aliphatic carbocycles. The highest BCUT2D eigenvalue weighted by Gasteiger charge is 2.57. The van der Waals surface area contributed by atoms with Gasteiger partial charge in [0, 0.05) is 37.2 Å². The number of fused-ring (bicyclic) bond motifs is 6. The van der Waals surface area contributed by atoms with Crippen molar-refractivity contribution in [1.82, 2.24) is 10.6 Å². The Labute approximate surface area is 499 Å². The molecule has 0 aromatic carbocycles. The summed E-state index contributed by atoms with van der Waals surface area (Å²) in [6.45, 7) is 12.3. The summed E-state index contributed by atoms with van der Waals surface area (Å²) >= 11 is 0. The van der Waals surface area contributed by atoms with Crippen LogP contribution in [0, 0.1) is 0 Å². The quantitative estimate of drug-likeness (QED) is 0.0224. The van der Waals surface area contributed by atoms with Crippen LogP contribution >= 0.6 is 0 Å². The van der Waals surface area contributed by atoms with E-state index in [1.165, 1.54) is 219 Å². The Kier molecular flexibility index (Phi) is 38.1. The average Bonchev–Trinajstić information content (AvgIpc) is 3.46. The smallest absolute Gasteiger partial charge is 0.501 e. The van der Waals surface area contributed by atoms with Crippen molar-refractivity contribution >= 4 is 37.8 Å². The van der Waals surface area contributed by atoms with Gasteiger partial charge in [0.15, 0.2) is 0 Å². The molecule has 81 heavy (non-hydrogen) atoms. The van der Waals surface area contributed by atoms with Gasteiger partial charge >= 0.3 is 17.6 Å². The van der Waals surface area contributed by atoms with E-state index in [1.807, 2.05) is 0 Å². The molecule has 0 radical (unpaired) electrons. The zero-order valence-electron chi connectivity index (χ0n) is 52.7. The lowest BCUT2D eigenvalue weighted by molar-refractivity contribution is -0.890. The van der Waals surface area contributed by atoms with E-state index in [1.54, 1.807) is 0 Å². The Morgan fingerprint density at radius 1 is 0.420 bits per heavy atom. The molecule has 0 amide bonds. The van der Waals surface area contributed by atoms with E-state index in [0.717, 1.165) is 47.0 Å². The summed E-state index contributed by atoms with van der Waals surface area (Å²) in [4.78, 5) is 0. The second-order valence-corrected chi connectivity index (χ2v) is 35.0. The molecule has 6 saturated heterocycles. The lowest BCUT2D eigenvalue weighted by atomic mass is 10.0. The molecule has 4 bridgehead atoms. The summed E-state index contributed by atoms with van der Waals surface area (Å²) in [6, 6.07) is 1.64. The van der Waals surface area contributed by atoms with Gasteiger partial charge in [-0.1, -0.05) is 194 Å². The fourth-order valence-electron chi connectivity index (χ4n) is 11.8. The van der Waals surface area contributed by atoms with Gasteiger partial charge in [-0.2, -0.15) is 0 Å². The predicted molar refractivity (Wildman–Crippen MR) is 330 cm³/mol. The summed E-state index contributed by atoms with van der Waals surface area (Å²) in [5.41, 5.74) is -1.03. The first-order valence-corrected chi connectivity index (χ1v) is 40.1. The van der Waals surface area contributed by atoms with E-state index in [4.69, 9.17) is 26.6 Å². The molecule has 17 nitrogen and oxygen atoms in total. The van der Waals surface area contributed by atoms with Crippen molar-refractivity contribution in [2.24, 2.45) is 0 Å². The fraction of sp³-hybridized carbons (Fsp3) is 1.00. The highest BCUT2D eigenvalue weighted by Crippen LogP contribution is 2.35. The fourth-order valence-corrected chi connectivity index (χ4v) is 18.4. The summed E-state index contributed by atoms with van der Waals surface area (Å²) in [6.07, 6.45) is 45.8. The Balaban J connectivity index is 0.000000425.